The second-order valence-electron chi connectivity index (χ2n) is 4.19. The van der Waals surface area contributed by atoms with E-state index in [0.29, 0.717) is 6.42 Å². The van der Waals surface area contributed by atoms with Gasteiger partial charge in [-0.15, -0.1) is 0 Å². The predicted octanol–water partition coefficient (Wildman–Crippen LogP) is 1.62. The topological polar surface area (TPSA) is 86.6 Å². The molecule has 18 heavy (non-hydrogen) atoms. The maximum atomic E-state index is 11.9. The highest BCUT2D eigenvalue weighted by atomic mass is 16.4. The van der Waals surface area contributed by atoms with Gasteiger partial charge in [-0.3, -0.25) is 4.79 Å². The highest BCUT2D eigenvalue weighted by molar-refractivity contribution is 5.98. The van der Waals surface area contributed by atoms with Crippen LogP contribution in [0.25, 0.3) is 0 Å². The van der Waals surface area contributed by atoms with Crippen LogP contribution in [-0.2, 0) is 4.79 Å². The summed E-state index contributed by atoms with van der Waals surface area (Å²) in [4.78, 5) is 22.9. The average molecular weight is 251 g/mol. The number of nitrogens with one attached hydrogen (secondary N) is 1. The number of carboxylic acid groups (broad SMARTS) is 1. The molecule has 0 spiro atoms. The maximum absolute atomic E-state index is 11.9. The predicted molar refractivity (Wildman–Crippen MR) is 66.5 cm³/mol. The number of carboxylic acids is 1. The number of carbonyl (C=O) groups is 2. The molecule has 0 fully saturated rings. The van der Waals surface area contributed by atoms with Gasteiger partial charge >= 0.3 is 5.97 Å². The zero-order valence-electron chi connectivity index (χ0n) is 10.4. The minimum atomic E-state index is -1.08. The third-order valence-electron chi connectivity index (χ3n) is 2.91. The lowest BCUT2D eigenvalue weighted by Crippen LogP contribution is -2.45. The van der Waals surface area contributed by atoms with Crippen LogP contribution in [0, 0.1) is 5.92 Å². The molecule has 3 N–H and O–H groups in total. The smallest absolute Gasteiger partial charge is 0.326 e. The minimum absolute atomic E-state index is 0.0760. The van der Waals surface area contributed by atoms with E-state index in [2.05, 4.69) is 5.32 Å². The number of rotatable bonds is 5. The highest BCUT2D eigenvalue weighted by Crippen LogP contribution is 2.16. The van der Waals surface area contributed by atoms with Gasteiger partial charge in [-0.05, 0) is 18.1 Å². The molecule has 1 aromatic rings. The summed E-state index contributed by atoms with van der Waals surface area (Å²) in [6.45, 7) is 3.61. The molecule has 5 heteroatoms. The van der Waals surface area contributed by atoms with Crippen molar-refractivity contribution in [3.63, 3.8) is 0 Å². The number of aliphatic carboxylic acids is 1. The Morgan fingerprint density at radius 1 is 1.33 bits per heavy atom. The van der Waals surface area contributed by atoms with Crippen molar-refractivity contribution in [2.45, 2.75) is 26.3 Å². The molecule has 0 bridgehead atoms. The van der Waals surface area contributed by atoms with Crippen LogP contribution in [0.3, 0.4) is 0 Å². The van der Waals surface area contributed by atoms with Crippen LogP contribution >= 0.6 is 0 Å². The molecular formula is C13H17NO4. The second kappa shape index (κ2) is 6.05. The van der Waals surface area contributed by atoms with Crippen molar-refractivity contribution in [3.05, 3.63) is 29.8 Å². The Morgan fingerprint density at radius 3 is 2.44 bits per heavy atom. The third kappa shape index (κ3) is 3.23. The number of hydrogen-bond donors (Lipinski definition) is 3. The van der Waals surface area contributed by atoms with Gasteiger partial charge in [-0.2, -0.15) is 0 Å². The lowest BCUT2D eigenvalue weighted by atomic mass is 9.99. The van der Waals surface area contributed by atoms with Gasteiger partial charge < -0.3 is 15.5 Å². The summed E-state index contributed by atoms with van der Waals surface area (Å²) in [5.41, 5.74) is 0.0760. The van der Waals surface area contributed by atoms with Gasteiger partial charge in [0.25, 0.3) is 5.91 Å². The summed E-state index contributed by atoms with van der Waals surface area (Å²) in [6, 6.07) is 5.07. The van der Waals surface area contributed by atoms with Gasteiger partial charge in [-0.25, -0.2) is 4.79 Å². The number of carbonyl (C=O) groups excluding carboxylic acids is 1. The fraction of sp³-hybridized carbons (Fsp3) is 0.385. The molecule has 2 atom stereocenters. The van der Waals surface area contributed by atoms with E-state index in [1.165, 1.54) is 12.1 Å². The summed E-state index contributed by atoms with van der Waals surface area (Å²) < 4.78 is 0. The van der Waals surface area contributed by atoms with Crippen LogP contribution in [0.1, 0.15) is 30.6 Å². The van der Waals surface area contributed by atoms with Crippen LogP contribution in [0.4, 0.5) is 0 Å². The standard InChI is InChI=1S/C13H17NO4/c1-3-8(2)11(13(17)18)14-12(16)9-6-4-5-7-10(9)15/h4-8,11,15H,3H2,1-2H3,(H,14,16)(H,17,18). The lowest BCUT2D eigenvalue weighted by Gasteiger charge is -2.20. The van der Waals surface area contributed by atoms with E-state index < -0.39 is 17.9 Å². The molecule has 5 nitrogen and oxygen atoms in total. The van der Waals surface area contributed by atoms with E-state index in [1.54, 1.807) is 19.1 Å². The van der Waals surface area contributed by atoms with Crippen molar-refractivity contribution in [2.24, 2.45) is 5.92 Å². The third-order valence-corrected chi connectivity index (χ3v) is 2.91. The van der Waals surface area contributed by atoms with Gasteiger partial charge in [0, 0.05) is 0 Å². The Hall–Kier alpha value is -2.04. The molecule has 98 valence electrons. The fourth-order valence-electron chi connectivity index (χ4n) is 1.57. The van der Waals surface area contributed by atoms with Crippen LogP contribution in [0.15, 0.2) is 24.3 Å². The molecule has 0 aromatic heterocycles. The quantitative estimate of drug-likeness (QED) is 0.742. The number of phenols is 1. The molecular weight excluding hydrogens is 234 g/mol. The van der Waals surface area contributed by atoms with Crippen LogP contribution in [-0.4, -0.2) is 28.1 Å². The molecule has 0 aliphatic heterocycles. The van der Waals surface area contributed by atoms with Crippen molar-refractivity contribution in [1.29, 1.82) is 0 Å². The molecule has 0 saturated carbocycles. The maximum Gasteiger partial charge on any atom is 0.326 e. The summed E-state index contributed by atoms with van der Waals surface area (Å²) >= 11 is 0. The molecule has 0 saturated heterocycles. The summed E-state index contributed by atoms with van der Waals surface area (Å²) in [6.07, 6.45) is 0.637. The Labute approximate surface area is 105 Å². The molecule has 1 aromatic carbocycles. The number of para-hydroxylation sites is 1. The van der Waals surface area contributed by atoms with Crippen molar-refractivity contribution >= 4 is 11.9 Å². The highest BCUT2D eigenvalue weighted by Gasteiger charge is 2.26. The summed E-state index contributed by atoms with van der Waals surface area (Å²) in [5.74, 6) is -2.01. The number of phenolic OH excluding ortho intramolecular Hbond substituents is 1. The normalized spacial score (nSPS) is 13.7. The lowest BCUT2D eigenvalue weighted by molar-refractivity contribution is -0.140. The largest absolute Gasteiger partial charge is 0.507 e. The summed E-state index contributed by atoms with van der Waals surface area (Å²) in [7, 11) is 0. The number of aromatic hydroxyl groups is 1. The van der Waals surface area contributed by atoms with Crippen molar-refractivity contribution in [1.82, 2.24) is 5.32 Å². The molecule has 1 amide bonds. The van der Waals surface area contributed by atoms with Gasteiger partial charge in [-0.1, -0.05) is 32.4 Å². The fourth-order valence-corrected chi connectivity index (χ4v) is 1.57. The van der Waals surface area contributed by atoms with E-state index >= 15 is 0 Å². The monoisotopic (exact) mass is 251 g/mol. The first-order valence-electron chi connectivity index (χ1n) is 5.79. The molecule has 0 radical (unpaired) electrons. The molecule has 2 unspecified atom stereocenters. The van der Waals surface area contributed by atoms with Crippen molar-refractivity contribution in [3.8, 4) is 5.75 Å². The zero-order valence-corrected chi connectivity index (χ0v) is 10.4. The van der Waals surface area contributed by atoms with Crippen LogP contribution in [0.2, 0.25) is 0 Å². The Bertz CT molecular complexity index is 444. The Kier molecular flexibility index (Phi) is 4.71. The molecule has 0 heterocycles. The molecule has 1 rings (SSSR count). The number of amides is 1. The van der Waals surface area contributed by atoms with E-state index in [9.17, 15) is 14.7 Å². The molecule has 0 aliphatic rings. The molecule has 0 aliphatic carbocycles. The van der Waals surface area contributed by atoms with Gasteiger partial charge in [0.05, 0.1) is 5.56 Å². The average Bonchev–Trinajstić information content (AvgIpc) is 2.35. The summed E-state index contributed by atoms with van der Waals surface area (Å²) in [5, 5.41) is 21.0. The van der Waals surface area contributed by atoms with E-state index in [-0.39, 0.29) is 17.2 Å². The van der Waals surface area contributed by atoms with Crippen molar-refractivity contribution < 1.29 is 19.8 Å². The van der Waals surface area contributed by atoms with Gasteiger partial charge in [0.15, 0.2) is 0 Å². The second-order valence-corrected chi connectivity index (χ2v) is 4.19. The first-order valence-corrected chi connectivity index (χ1v) is 5.79. The first kappa shape index (κ1) is 14.0. The Morgan fingerprint density at radius 2 is 1.94 bits per heavy atom. The minimum Gasteiger partial charge on any atom is -0.507 e. The van der Waals surface area contributed by atoms with Crippen molar-refractivity contribution in [2.75, 3.05) is 0 Å². The van der Waals surface area contributed by atoms with Crippen LogP contribution < -0.4 is 5.32 Å². The van der Waals surface area contributed by atoms with Crippen LogP contribution in [0.5, 0.6) is 5.75 Å². The zero-order chi connectivity index (χ0) is 13.7. The first-order chi connectivity index (χ1) is 8.47. The Balaban J connectivity index is 2.86. The van der Waals surface area contributed by atoms with E-state index in [4.69, 9.17) is 5.11 Å². The van der Waals surface area contributed by atoms with Gasteiger partial charge in [0.2, 0.25) is 0 Å². The van der Waals surface area contributed by atoms with Gasteiger partial charge in [0.1, 0.15) is 11.8 Å². The SMILES string of the molecule is CCC(C)C(NC(=O)c1ccccc1O)C(=O)O. The van der Waals surface area contributed by atoms with E-state index in [0.717, 1.165) is 0 Å². The number of benzene rings is 1. The number of hydrogen-bond acceptors (Lipinski definition) is 3. The van der Waals surface area contributed by atoms with E-state index in [1.807, 2.05) is 6.92 Å².